The Hall–Kier alpha value is -5.36. The molecule has 0 bridgehead atoms. The summed E-state index contributed by atoms with van der Waals surface area (Å²) in [5.74, 6) is 2.24. The highest BCUT2D eigenvalue weighted by atomic mass is 35.5. The Bertz CT molecular complexity index is 2320. The fraction of sp³-hybridized carbons (Fsp3) is 0.409. The van der Waals surface area contributed by atoms with Gasteiger partial charge in [-0.05, 0) is 74.4 Å². The van der Waals surface area contributed by atoms with Crippen LogP contribution < -0.4 is 20.8 Å². The molecule has 2 aromatic heterocycles. The van der Waals surface area contributed by atoms with E-state index in [1.807, 2.05) is 70.2 Å². The Labute approximate surface area is 370 Å². The van der Waals surface area contributed by atoms with Crippen molar-refractivity contribution in [2.24, 2.45) is 5.10 Å². The van der Waals surface area contributed by atoms with E-state index in [2.05, 4.69) is 27.3 Å². The van der Waals surface area contributed by atoms with Crippen molar-refractivity contribution in [1.29, 1.82) is 0 Å². The van der Waals surface area contributed by atoms with Crippen LogP contribution in [0, 0.1) is 0 Å². The third-order valence-electron chi connectivity index (χ3n) is 10.5. The maximum atomic E-state index is 13.4. The van der Waals surface area contributed by atoms with Crippen molar-refractivity contribution in [3.8, 4) is 22.8 Å². The van der Waals surface area contributed by atoms with Crippen LogP contribution in [-0.4, -0.2) is 115 Å². The van der Waals surface area contributed by atoms with Crippen molar-refractivity contribution < 1.29 is 33.3 Å². The highest BCUT2D eigenvalue weighted by Gasteiger charge is 2.38. The quantitative estimate of drug-likeness (QED) is 0.0792. The number of aromatic nitrogens is 4. The molecule has 0 spiro atoms. The number of para-hydroxylation sites is 1. The Morgan fingerprint density at radius 2 is 1.48 bits per heavy atom. The maximum Gasteiger partial charge on any atom is 0.227 e. The van der Waals surface area contributed by atoms with Crippen LogP contribution in [0.3, 0.4) is 0 Å². The van der Waals surface area contributed by atoms with Crippen LogP contribution in [0.5, 0.6) is 11.5 Å². The number of anilines is 2. The average molecular weight is 889 g/mol. The van der Waals surface area contributed by atoms with E-state index in [1.165, 1.54) is 6.33 Å². The zero-order valence-electron chi connectivity index (χ0n) is 34.6. The highest BCUT2D eigenvalue weighted by molar-refractivity contribution is 6.42. The van der Waals surface area contributed by atoms with Gasteiger partial charge in [-0.3, -0.25) is 14.6 Å². The van der Waals surface area contributed by atoms with Crippen LogP contribution in [0.15, 0.2) is 84.2 Å². The molecule has 2 aliphatic rings. The number of nitrogens with one attached hydrogen (secondary N) is 1. The third-order valence-corrected chi connectivity index (χ3v) is 11.2. The summed E-state index contributed by atoms with van der Waals surface area (Å²) in [5, 5.41) is 15.7. The van der Waals surface area contributed by atoms with Gasteiger partial charge in [0.2, 0.25) is 11.8 Å². The van der Waals surface area contributed by atoms with Crippen LogP contribution in [0.1, 0.15) is 39.0 Å². The number of carbonyl (C=O) groups excluding carboxylic acids is 2. The van der Waals surface area contributed by atoms with Crippen molar-refractivity contribution in [3.63, 3.8) is 0 Å². The predicted molar refractivity (Wildman–Crippen MR) is 238 cm³/mol. The number of likely N-dealkylation sites (tertiary alicyclic amines) is 1. The van der Waals surface area contributed by atoms with Crippen molar-refractivity contribution >= 4 is 63.4 Å². The molecular weight excluding hydrogens is 837 g/mol. The summed E-state index contributed by atoms with van der Waals surface area (Å²) in [6, 6.07) is 22.6. The largest absolute Gasteiger partial charge is 0.457 e. The normalized spacial score (nSPS) is 16.5. The van der Waals surface area contributed by atoms with E-state index < -0.39 is 5.54 Å². The SMILES string of the molecule is C[C@]1(n2nc(-c3ccc(Oc4ccccc4)cc3)c3c(N)ncnc32)CCCN(C(=O)CCOCCOCCOCCOCCC(=O)NC2=NN(c3ccc(Cl)c(Cl)c3)CC2)C1. The van der Waals surface area contributed by atoms with Gasteiger partial charge in [-0.1, -0.05) is 41.4 Å². The van der Waals surface area contributed by atoms with Gasteiger partial charge in [0.1, 0.15) is 35.2 Å². The first-order chi connectivity index (χ1) is 30.2. The molecular formula is C44H51Cl2N9O7. The van der Waals surface area contributed by atoms with Crippen LogP contribution >= 0.6 is 23.2 Å². The minimum atomic E-state index is -0.522. The Balaban J connectivity index is 0.755. The number of hydrazone groups is 1. The molecule has 2 amide bonds. The number of ether oxygens (including phenoxy) is 5. The molecule has 1 saturated heterocycles. The minimum absolute atomic E-state index is 0.0174. The summed E-state index contributed by atoms with van der Waals surface area (Å²) in [5.41, 5.74) is 8.86. The number of halogens is 2. The summed E-state index contributed by atoms with van der Waals surface area (Å²) in [6.45, 7) is 6.68. The van der Waals surface area contributed by atoms with Crippen molar-refractivity contribution in [3.05, 3.63) is 89.2 Å². The fourth-order valence-corrected chi connectivity index (χ4v) is 7.60. The van der Waals surface area contributed by atoms with Crippen LogP contribution in [0.2, 0.25) is 10.0 Å². The first-order valence-electron chi connectivity index (χ1n) is 20.7. The molecule has 0 radical (unpaired) electrons. The van der Waals surface area contributed by atoms with Crippen LogP contribution in [0.4, 0.5) is 11.5 Å². The lowest BCUT2D eigenvalue weighted by Crippen LogP contribution is -2.50. The third kappa shape index (κ3) is 11.8. The average Bonchev–Trinajstić information content (AvgIpc) is 3.92. The predicted octanol–water partition coefficient (Wildman–Crippen LogP) is 6.70. The summed E-state index contributed by atoms with van der Waals surface area (Å²) in [4.78, 5) is 36.5. The monoisotopic (exact) mass is 887 g/mol. The minimum Gasteiger partial charge on any atom is -0.457 e. The number of nitrogens with two attached hydrogens (primary N) is 1. The second-order valence-electron chi connectivity index (χ2n) is 15.1. The summed E-state index contributed by atoms with van der Waals surface area (Å²) in [6.07, 6.45) is 4.14. The molecule has 18 heteroatoms. The number of piperidine rings is 1. The van der Waals surface area contributed by atoms with Crippen molar-refractivity contribution in [1.82, 2.24) is 30.0 Å². The van der Waals surface area contributed by atoms with Gasteiger partial charge in [0.05, 0.1) is 92.4 Å². The molecule has 7 rings (SSSR count). The standard InChI is InChI=1S/C44H51Cl2N9O7/c1-44(55-43-40(42(47)48-30-49-43)41(52-55)31-8-11-34(12-9-31)62-33-6-3-2-4-7-33)17-5-18-53(29-44)39(57)16-21-59-23-25-61-27-26-60-24-22-58-20-15-38(56)50-37-14-19-54(51-37)32-10-13-35(45)36(46)28-32/h2-4,6-13,28,30H,5,14-27,29H2,1H3,(H2,47,48,49)(H,50,51,56)/t44-/m0/s1. The van der Waals surface area contributed by atoms with Crippen LogP contribution in [-0.2, 0) is 34.1 Å². The van der Waals surface area contributed by atoms with E-state index >= 15 is 0 Å². The molecule has 0 saturated carbocycles. The molecule has 2 aliphatic heterocycles. The number of amides is 2. The summed E-state index contributed by atoms with van der Waals surface area (Å²) < 4.78 is 30.3. The molecule has 328 valence electrons. The van der Waals surface area contributed by atoms with Gasteiger partial charge in [-0.15, -0.1) is 0 Å². The Morgan fingerprint density at radius 1 is 0.806 bits per heavy atom. The van der Waals surface area contributed by atoms with Gasteiger partial charge in [0.25, 0.3) is 0 Å². The van der Waals surface area contributed by atoms with Gasteiger partial charge in [-0.25, -0.2) is 14.6 Å². The molecule has 1 fully saturated rings. The number of hydrogen-bond acceptors (Lipinski definition) is 13. The zero-order valence-corrected chi connectivity index (χ0v) is 36.2. The van der Waals surface area contributed by atoms with E-state index in [4.69, 9.17) is 57.7 Å². The molecule has 0 aliphatic carbocycles. The summed E-state index contributed by atoms with van der Waals surface area (Å²) >= 11 is 12.1. The van der Waals surface area contributed by atoms with E-state index in [9.17, 15) is 9.59 Å². The number of nitrogen functional groups attached to an aromatic ring is 1. The number of amidine groups is 1. The van der Waals surface area contributed by atoms with Gasteiger partial charge in [0.15, 0.2) is 5.65 Å². The first kappa shape index (κ1) is 44.7. The van der Waals surface area contributed by atoms with Crippen LogP contribution in [0.25, 0.3) is 22.3 Å². The first-order valence-corrected chi connectivity index (χ1v) is 21.4. The molecule has 16 nitrogen and oxygen atoms in total. The van der Waals surface area contributed by atoms with Crippen molar-refractivity contribution in [2.75, 3.05) is 83.2 Å². The molecule has 1 atom stereocenters. The molecule has 0 unspecified atom stereocenters. The second-order valence-corrected chi connectivity index (χ2v) is 15.9. The van der Waals surface area contributed by atoms with E-state index in [0.29, 0.717) is 110 Å². The topological polar surface area (TPSA) is 181 Å². The van der Waals surface area contributed by atoms with Gasteiger partial charge < -0.3 is 39.6 Å². The lowest BCUT2D eigenvalue weighted by molar-refractivity contribution is -0.135. The molecule has 3 N–H and O–H groups in total. The number of rotatable bonds is 20. The van der Waals surface area contributed by atoms with E-state index in [1.54, 1.807) is 17.1 Å². The number of fused-ring (bicyclic) bond motifs is 1. The smallest absolute Gasteiger partial charge is 0.227 e. The lowest BCUT2D eigenvalue weighted by Gasteiger charge is -2.40. The zero-order chi connectivity index (χ0) is 43.3. The van der Waals surface area contributed by atoms with Gasteiger partial charge in [-0.2, -0.15) is 10.2 Å². The van der Waals surface area contributed by atoms with Gasteiger partial charge >= 0.3 is 0 Å². The number of benzene rings is 3. The summed E-state index contributed by atoms with van der Waals surface area (Å²) in [7, 11) is 0. The molecule has 62 heavy (non-hydrogen) atoms. The molecule has 4 heterocycles. The molecule has 5 aromatic rings. The number of carbonyl (C=O) groups is 2. The second kappa shape index (κ2) is 21.6. The van der Waals surface area contributed by atoms with Gasteiger partial charge in [0, 0.05) is 31.6 Å². The lowest BCUT2D eigenvalue weighted by atomic mass is 9.91. The van der Waals surface area contributed by atoms with E-state index in [-0.39, 0.29) is 37.9 Å². The highest BCUT2D eigenvalue weighted by Crippen LogP contribution is 2.37. The molecule has 3 aromatic carbocycles. The number of hydrogen-bond donors (Lipinski definition) is 2. The maximum absolute atomic E-state index is 13.4. The number of nitrogens with zero attached hydrogens (tertiary/aromatic N) is 7. The fourth-order valence-electron chi connectivity index (χ4n) is 7.31. The Morgan fingerprint density at radius 3 is 2.19 bits per heavy atom. The Kier molecular flexibility index (Phi) is 15.6. The van der Waals surface area contributed by atoms with Crippen molar-refractivity contribution in [2.45, 2.75) is 44.6 Å². The van der Waals surface area contributed by atoms with E-state index in [0.717, 1.165) is 29.8 Å².